The van der Waals surface area contributed by atoms with Crippen molar-refractivity contribution in [3.63, 3.8) is 0 Å². The maximum absolute atomic E-state index is 12.7. The summed E-state index contributed by atoms with van der Waals surface area (Å²) in [5, 5.41) is 0. The van der Waals surface area contributed by atoms with E-state index in [4.69, 9.17) is 4.74 Å². The minimum absolute atomic E-state index is 0.0474. The molecule has 2 aliphatic heterocycles. The summed E-state index contributed by atoms with van der Waals surface area (Å²) in [6, 6.07) is 6.42. The SMILES string of the molecule is CCN(C(=O)[C@H](C)OC(=O)c1ccc(CN2CCCC2=O)cc1)[C@H]1CCS(=O)(=O)C1. The minimum Gasteiger partial charge on any atom is -0.449 e. The molecule has 2 fully saturated rings. The highest BCUT2D eigenvalue weighted by Crippen LogP contribution is 2.20. The second-order valence-corrected chi connectivity index (χ2v) is 10.1. The van der Waals surface area contributed by atoms with Gasteiger partial charge in [-0.3, -0.25) is 9.59 Å². The Bertz CT molecular complexity index is 912. The van der Waals surface area contributed by atoms with Crippen molar-refractivity contribution in [2.24, 2.45) is 0 Å². The highest BCUT2D eigenvalue weighted by Gasteiger charge is 2.36. The molecule has 164 valence electrons. The smallest absolute Gasteiger partial charge is 0.338 e. The van der Waals surface area contributed by atoms with Crippen LogP contribution in [-0.2, 0) is 30.7 Å². The number of hydrogen-bond donors (Lipinski definition) is 0. The summed E-state index contributed by atoms with van der Waals surface area (Å²) in [5.74, 6) is -0.840. The molecular weight excluding hydrogens is 408 g/mol. The molecule has 2 atom stereocenters. The Hall–Kier alpha value is -2.42. The fourth-order valence-corrected chi connectivity index (χ4v) is 5.70. The molecule has 0 radical (unpaired) electrons. The zero-order valence-corrected chi connectivity index (χ0v) is 18.2. The second kappa shape index (κ2) is 9.16. The standard InChI is InChI=1S/C21H28N2O6S/c1-3-23(18-10-12-30(27,28)14-18)20(25)15(2)29-21(26)17-8-6-16(7-9-17)13-22-11-4-5-19(22)24/h6-9,15,18H,3-5,10-14H2,1-2H3/t15-,18-/m0/s1. The van der Waals surface area contributed by atoms with Gasteiger partial charge in [0.15, 0.2) is 15.9 Å². The summed E-state index contributed by atoms with van der Waals surface area (Å²) < 4.78 is 28.8. The minimum atomic E-state index is -3.12. The summed E-state index contributed by atoms with van der Waals surface area (Å²) in [5.41, 5.74) is 1.24. The van der Waals surface area contributed by atoms with Gasteiger partial charge in [-0.15, -0.1) is 0 Å². The fourth-order valence-electron chi connectivity index (χ4n) is 3.97. The van der Waals surface area contributed by atoms with Crippen molar-refractivity contribution < 1.29 is 27.5 Å². The number of likely N-dealkylation sites (N-methyl/N-ethyl adjacent to an activating group) is 1. The van der Waals surface area contributed by atoms with Gasteiger partial charge in [-0.2, -0.15) is 0 Å². The first-order chi connectivity index (χ1) is 14.2. The first kappa shape index (κ1) is 22.3. The zero-order valence-electron chi connectivity index (χ0n) is 17.4. The van der Waals surface area contributed by atoms with Crippen molar-refractivity contribution in [2.45, 2.75) is 51.8 Å². The Morgan fingerprint density at radius 1 is 1.27 bits per heavy atom. The molecule has 30 heavy (non-hydrogen) atoms. The van der Waals surface area contributed by atoms with Gasteiger partial charge in [-0.1, -0.05) is 12.1 Å². The Kier molecular flexibility index (Phi) is 6.80. The van der Waals surface area contributed by atoms with E-state index >= 15 is 0 Å². The largest absolute Gasteiger partial charge is 0.449 e. The number of ether oxygens (including phenoxy) is 1. The van der Waals surface area contributed by atoms with E-state index in [2.05, 4.69) is 0 Å². The van der Waals surface area contributed by atoms with Gasteiger partial charge in [0.1, 0.15) is 0 Å². The van der Waals surface area contributed by atoms with Gasteiger partial charge in [0.05, 0.1) is 17.1 Å². The molecule has 0 unspecified atom stereocenters. The van der Waals surface area contributed by atoms with Gasteiger partial charge in [0.2, 0.25) is 5.91 Å². The van der Waals surface area contributed by atoms with Gasteiger partial charge in [0.25, 0.3) is 5.91 Å². The van der Waals surface area contributed by atoms with Gasteiger partial charge in [-0.25, -0.2) is 13.2 Å². The van der Waals surface area contributed by atoms with E-state index in [0.717, 1.165) is 18.5 Å². The van der Waals surface area contributed by atoms with E-state index in [9.17, 15) is 22.8 Å². The number of sulfone groups is 1. The molecule has 8 nitrogen and oxygen atoms in total. The summed E-state index contributed by atoms with van der Waals surface area (Å²) in [6.45, 7) is 4.89. The monoisotopic (exact) mass is 436 g/mol. The van der Waals surface area contributed by atoms with E-state index in [-0.39, 0.29) is 23.5 Å². The predicted octanol–water partition coefficient (Wildman–Crippen LogP) is 1.39. The van der Waals surface area contributed by atoms with Crippen LogP contribution in [0, 0.1) is 0 Å². The third-order valence-corrected chi connectivity index (χ3v) is 7.39. The molecule has 0 aliphatic carbocycles. The Balaban J connectivity index is 1.57. The van der Waals surface area contributed by atoms with Crippen LogP contribution < -0.4 is 0 Å². The van der Waals surface area contributed by atoms with E-state index in [0.29, 0.717) is 31.5 Å². The molecule has 1 aromatic carbocycles. The van der Waals surface area contributed by atoms with Crippen LogP contribution in [0.1, 0.15) is 49.0 Å². The molecule has 3 rings (SSSR count). The van der Waals surface area contributed by atoms with Crippen molar-refractivity contribution in [3.05, 3.63) is 35.4 Å². The Morgan fingerprint density at radius 2 is 1.97 bits per heavy atom. The number of benzene rings is 1. The van der Waals surface area contributed by atoms with Gasteiger partial charge < -0.3 is 14.5 Å². The summed E-state index contributed by atoms with van der Waals surface area (Å²) in [6.07, 6.45) is 0.848. The number of carbonyl (C=O) groups is 3. The summed E-state index contributed by atoms with van der Waals surface area (Å²) >= 11 is 0. The number of amides is 2. The van der Waals surface area contributed by atoms with E-state index in [1.54, 1.807) is 36.1 Å². The topological polar surface area (TPSA) is 101 Å². The van der Waals surface area contributed by atoms with Crippen LogP contribution in [0.5, 0.6) is 0 Å². The van der Waals surface area contributed by atoms with Gasteiger partial charge >= 0.3 is 5.97 Å². The third kappa shape index (κ3) is 5.19. The van der Waals surface area contributed by atoms with E-state index < -0.39 is 27.8 Å². The number of rotatable bonds is 7. The van der Waals surface area contributed by atoms with Crippen LogP contribution in [0.25, 0.3) is 0 Å². The number of carbonyl (C=O) groups excluding carboxylic acids is 3. The van der Waals surface area contributed by atoms with Crippen molar-refractivity contribution in [1.29, 1.82) is 0 Å². The normalized spacial score (nSPS) is 21.5. The average molecular weight is 437 g/mol. The third-order valence-electron chi connectivity index (χ3n) is 5.64. The molecule has 2 amide bonds. The van der Waals surface area contributed by atoms with Crippen LogP contribution in [0.15, 0.2) is 24.3 Å². The van der Waals surface area contributed by atoms with Crippen molar-refractivity contribution >= 4 is 27.6 Å². The molecule has 1 aromatic rings. The maximum Gasteiger partial charge on any atom is 0.338 e. The molecule has 0 aromatic heterocycles. The van der Waals surface area contributed by atoms with Gasteiger partial charge in [-0.05, 0) is 44.4 Å². The van der Waals surface area contributed by atoms with Crippen LogP contribution in [0.2, 0.25) is 0 Å². The molecule has 9 heteroatoms. The number of esters is 1. The summed E-state index contributed by atoms with van der Waals surface area (Å²) in [7, 11) is -3.12. The number of likely N-dealkylation sites (tertiary alicyclic amines) is 1. The molecule has 2 aliphatic rings. The first-order valence-corrected chi connectivity index (χ1v) is 12.1. The highest BCUT2D eigenvalue weighted by atomic mass is 32.2. The molecule has 0 bridgehead atoms. The lowest BCUT2D eigenvalue weighted by Gasteiger charge is -2.29. The lowest BCUT2D eigenvalue weighted by molar-refractivity contribution is -0.141. The molecule has 0 spiro atoms. The van der Waals surface area contributed by atoms with Gasteiger partial charge in [0, 0.05) is 32.1 Å². The van der Waals surface area contributed by atoms with Crippen molar-refractivity contribution in [2.75, 3.05) is 24.6 Å². The molecule has 2 saturated heterocycles. The lowest BCUT2D eigenvalue weighted by atomic mass is 10.1. The molecule has 0 N–H and O–H groups in total. The number of nitrogens with zero attached hydrogens (tertiary/aromatic N) is 2. The zero-order chi connectivity index (χ0) is 21.9. The van der Waals surface area contributed by atoms with E-state index in [1.807, 2.05) is 0 Å². The average Bonchev–Trinajstić information content (AvgIpc) is 3.27. The highest BCUT2D eigenvalue weighted by molar-refractivity contribution is 7.91. The van der Waals surface area contributed by atoms with Crippen LogP contribution in [-0.4, -0.2) is 72.7 Å². The summed E-state index contributed by atoms with van der Waals surface area (Å²) in [4.78, 5) is 40.2. The second-order valence-electron chi connectivity index (χ2n) is 7.84. The Labute approximate surface area is 177 Å². The van der Waals surface area contributed by atoms with Crippen LogP contribution >= 0.6 is 0 Å². The predicted molar refractivity (Wildman–Crippen MR) is 110 cm³/mol. The quantitative estimate of drug-likeness (QED) is 0.599. The van der Waals surface area contributed by atoms with Crippen molar-refractivity contribution in [3.8, 4) is 0 Å². The number of hydrogen-bond acceptors (Lipinski definition) is 6. The molecule has 2 heterocycles. The maximum atomic E-state index is 12.7. The lowest BCUT2D eigenvalue weighted by Crippen LogP contribution is -2.46. The van der Waals surface area contributed by atoms with E-state index in [1.165, 1.54) is 11.8 Å². The van der Waals surface area contributed by atoms with Crippen LogP contribution in [0.4, 0.5) is 0 Å². The van der Waals surface area contributed by atoms with Crippen molar-refractivity contribution in [1.82, 2.24) is 9.80 Å². The molecule has 0 saturated carbocycles. The fraction of sp³-hybridized carbons (Fsp3) is 0.571. The van der Waals surface area contributed by atoms with Crippen LogP contribution in [0.3, 0.4) is 0 Å². The Morgan fingerprint density at radius 3 is 2.50 bits per heavy atom. The molecular formula is C21H28N2O6S. The first-order valence-electron chi connectivity index (χ1n) is 10.3.